The van der Waals surface area contributed by atoms with E-state index in [9.17, 15) is 4.79 Å². The fourth-order valence-corrected chi connectivity index (χ4v) is 5.08. The van der Waals surface area contributed by atoms with Crippen LogP contribution < -0.4 is 14.9 Å². The van der Waals surface area contributed by atoms with Crippen LogP contribution in [0.15, 0.2) is 47.3 Å². The molecule has 0 fully saturated rings. The van der Waals surface area contributed by atoms with Crippen LogP contribution in [0.1, 0.15) is 37.8 Å². The van der Waals surface area contributed by atoms with Crippen molar-refractivity contribution in [3.8, 4) is 11.5 Å². The highest BCUT2D eigenvalue weighted by atomic mass is 16.5. The molecule has 4 aromatic rings. The van der Waals surface area contributed by atoms with E-state index in [0.717, 1.165) is 63.3 Å². The van der Waals surface area contributed by atoms with Gasteiger partial charge in [-0.3, -0.25) is 4.79 Å². The van der Waals surface area contributed by atoms with Crippen LogP contribution in [0, 0.1) is 0 Å². The number of pyridine rings is 1. The van der Waals surface area contributed by atoms with Gasteiger partial charge in [0.15, 0.2) is 0 Å². The highest BCUT2D eigenvalue weighted by Gasteiger charge is 2.31. The predicted molar refractivity (Wildman–Crippen MR) is 126 cm³/mol. The maximum absolute atomic E-state index is 13.9. The number of fused-ring (bicyclic) bond motifs is 8. The Balaban J connectivity index is 1.85. The minimum Gasteiger partial charge on any atom is -0.492 e. The zero-order chi connectivity index (χ0) is 21.3. The number of ether oxygens (including phenoxy) is 2. The third kappa shape index (κ3) is 2.64. The molecule has 0 aliphatic carbocycles. The molecule has 0 atom stereocenters. The number of hydrogen-bond acceptors (Lipinski definition) is 3. The van der Waals surface area contributed by atoms with E-state index in [1.807, 2.05) is 25.2 Å². The minimum atomic E-state index is -0.396. The molecule has 2 aliphatic rings. The van der Waals surface area contributed by atoms with E-state index >= 15 is 0 Å². The van der Waals surface area contributed by atoms with Gasteiger partial charge in [0, 0.05) is 23.6 Å². The number of hydrogen-bond donors (Lipinski definition) is 0. The third-order valence-electron chi connectivity index (χ3n) is 6.63. The molecule has 2 aliphatic heterocycles. The average molecular weight is 412 g/mol. The van der Waals surface area contributed by atoms with Crippen molar-refractivity contribution in [2.45, 2.75) is 38.7 Å². The second-order valence-corrected chi connectivity index (χ2v) is 9.22. The van der Waals surface area contributed by atoms with Crippen LogP contribution in [0.3, 0.4) is 0 Å². The van der Waals surface area contributed by atoms with E-state index in [-0.39, 0.29) is 5.43 Å². The van der Waals surface area contributed by atoms with Gasteiger partial charge in [-0.15, -0.1) is 0 Å². The van der Waals surface area contributed by atoms with Crippen molar-refractivity contribution in [3.63, 3.8) is 0 Å². The van der Waals surface area contributed by atoms with Crippen LogP contribution >= 0.6 is 0 Å². The first-order chi connectivity index (χ1) is 14.9. The smallest absolute Gasteiger partial charge is 0.201 e. The van der Waals surface area contributed by atoms with Gasteiger partial charge < -0.3 is 14.0 Å². The van der Waals surface area contributed by atoms with Crippen LogP contribution in [0.2, 0.25) is 0 Å². The lowest BCUT2D eigenvalue weighted by molar-refractivity contribution is 0.157. The Bertz CT molecular complexity index is 1490. The van der Waals surface area contributed by atoms with Crippen molar-refractivity contribution in [1.82, 2.24) is 4.57 Å². The Morgan fingerprint density at radius 3 is 2.61 bits per heavy atom. The van der Waals surface area contributed by atoms with Gasteiger partial charge >= 0.3 is 0 Å². The molecule has 0 unspecified atom stereocenters. The first-order valence-electron chi connectivity index (χ1n) is 11.0. The molecular weight excluding hydrogens is 386 g/mol. The molecule has 156 valence electrons. The van der Waals surface area contributed by atoms with Crippen molar-refractivity contribution in [2.24, 2.45) is 7.05 Å². The number of benzene rings is 3. The summed E-state index contributed by atoms with van der Waals surface area (Å²) in [5.74, 6) is 1.58. The maximum Gasteiger partial charge on any atom is 0.201 e. The highest BCUT2D eigenvalue weighted by Crippen LogP contribution is 2.46. The van der Waals surface area contributed by atoms with Gasteiger partial charge in [-0.05, 0) is 68.2 Å². The monoisotopic (exact) mass is 411 g/mol. The number of aromatic nitrogens is 1. The van der Waals surface area contributed by atoms with Crippen molar-refractivity contribution < 1.29 is 9.47 Å². The van der Waals surface area contributed by atoms with E-state index in [4.69, 9.17) is 9.47 Å². The van der Waals surface area contributed by atoms with Gasteiger partial charge in [0.2, 0.25) is 5.43 Å². The molecule has 0 bridgehead atoms. The standard InChI is InChI=1S/C27H25NO3/c1-27(2)12-11-18-23-22(26-19(25(18)31-27)10-6-7-13-30-26)24(29)20-14-16-8-4-5-9-17(16)15-21(20)28(23)3/h4-5,8-9,11-12,14-15H,6-7,10,13H2,1-3H3. The maximum atomic E-state index is 13.9. The summed E-state index contributed by atoms with van der Waals surface area (Å²) in [6.45, 7) is 4.75. The van der Waals surface area contributed by atoms with Crippen LogP contribution in [0.25, 0.3) is 38.7 Å². The highest BCUT2D eigenvalue weighted by molar-refractivity contribution is 6.06. The lowest BCUT2D eigenvalue weighted by atomic mass is 9.92. The lowest BCUT2D eigenvalue weighted by Gasteiger charge is -2.31. The molecule has 0 saturated heterocycles. The fourth-order valence-electron chi connectivity index (χ4n) is 5.08. The Labute approximate surface area is 180 Å². The van der Waals surface area contributed by atoms with Gasteiger partial charge in [-0.25, -0.2) is 0 Å². The van der Waals surface area contributed by atoms with Gasteiger partial charge in [-0.1, -0.05) is 24.3 Å². The Morgan fingerprint density at radius 2 is 1.81 bits per heavy atom. The van der Waals surface area contributed by atoms with Crippen molar-refractivity contribution in [1.29, 1.82) is 0 Å². The van der Waals surface area contributed by atoms with Gasteiger partial charge in [-0.2, -0.15) is 0 Å². The van der Waals surface area contributed by atoms with E-state index in [1.165, 1.54) is 0 Å². The molecule has 0 amide bonds. The summed E-state index contributed by atoms with van der Waals surface area (Å²) >= 11 is 0. The zero-order valence-electron chi connectivity index (χ0n) is 18.1. The van der Waals surface area contributed by atoms with Gasteiger partial charge in [0.1, 0.15) is 17.1 Å². The summed E-state index contributed by atoms with van der Waals surface area (Å²) in [7, 11) is 2.04. The zero-order valence-corrected chi connectivity index (χ0v) is 18.1. The molecule has 0 N–H and O–H groups in total. The third-order valence-corrected chi connectivity index (χ3v) is 6.63. The summed E-state index contributed by atoms with van der Waals surface area (Å²) < 4.78 is 14.9. The van der Waals surface area contributed by atoms with Crippen LogP contribution in [-0.4, -0.2) is 16.8 Å². The summed E-state index contributed by atoms with van der Waals surface area (Å²) in [6, 6.07) is 12.3. The average Bonchev–Trinajstić information content (AvgIpc) is 3.01. The minimum absolute atomic E-state index is 0.0352. The quantitative estimate of drug-likeness (QED) is 0.346. The largest absolute Gasteiger partial charge is 0.492 e. The topological polar surface area (TPSA) is 40.5 Å². The molecular formula is C27H25NO3. The Kier molecular flexibility index (Phi) is 3.80. The first kappa shape index (κ1) is 18.5. The molecule has 3 heterocycles. The second kappa shape index (κ2) is 6.36. The molecule has 3 aromatic carbocycles. The van der Waals surface area contributed by atoms with Gasteiger partial charge in [0.25, 0.3) is 0 Å². The van der Waals surface area contributed by atoms with Crippen LogP contribution in [0.4, 0.5) is 0 Å². The lowest BCUT2D eigenvalue weighted by Crippen LogP contribution is -2.29. The second-order valence-electron chi connectivity index (χ2n) is 9.22. The molecule has 0 spiro atoms. The predicted octanol–water partition coefficient (Wildman–Crippen LogP) is 5.74. The van der Waals surface area contributed by atoms with Crippen molar-refractivity contribution in [2.75, 3.05) is 6.61 Å². The molecule has 0 radical (unpaired) electrons. The van der Waals surface area contributed by atoms with Crippen molar-refractivity contribution in [3.05, 3.63) is 63.8 Å². The van der Waals surface area contributed by atoms with Gasteiger partial charge in [0.05, 0.1) is 23.0 Å². The molecule has 1 aromatic heterocycles. The summed E-state index contributed by atoms with van der Waals surface area (Å²) in [6.07, 6.45) is 7.06. The van der Waals surface area contributed by atoms with Crippen LogP contribution in [-0.2, 0) is 13.5 Å². The van der Waals surface area contributed by atoms with E-state index in [2.05, 4.69) is 48.8 Å². The molecule has 4 nitrogen and oxygen atoms in total. The number of nitrogens with zero attached hydrogens (tertiary/aromatic N) is 1. The van der Waals surface area contributed by atoms with Crippen molar-refractivity contribution >= 4 is 38.7 Å². The van der Waals surface area contributed by atoms with E-state index < -0.39 is 5.60 Å². The summed E-state index contributed by atoms with van der Waals surface area (Å²) in [5.41, 5.74) is 3.46. The Morgan fingerprint density at radius 1 is 1.03 bits per heavy atom. The van der Waals surface area contributed by atoms with E-state index in [1.54, 1.807) is 0 Å². The molecule has 4 heteroatoms. The van der Waals surface area contributed by atoms with E-state index in [0.29, 0.717) is 17.7 Å². The summed E-state index contributed by atoms with van der Waals surface area (Å²) in [4.78, 5) is 13.9. The summed E-state index contributed by atoms with van der Waals surface area (Å²) in [5, 5.41) is 3.59. The number of rotatable bonds is 0. The molecule has 31 heavy (non-hydrogen) atoms. The van der Waals surface area contributed by atoms with Crippen LogP contribution in [0.5, 0.6) is 11.5 Å². The SMILES string of the molecule is Cn1c2cc3ccccc3cc2c(=O)c2c3c(c4c(c21)C=CC(C)(C)O4)CCCCO3. The molecule has 6 rings (SSSR count). The molecule has 0 saturated carbocycles. The number of aryl methyl sites for hydroxylation is 1. The Hall–Kier alpha value is -3.27. The first-order valence-corrected chi connectivity index (χ1v) is 11.0. The fraction of sp³-hybridized carbons (Fsp3) is 0.296. The normalized spacial score (nSPS) is 17.1.